The second-order valence-corrected chi connectivity index (χ2v) is 3.41. The van der Waals surface area contributed by atoms with E-state index >= 15 is 0 Å². The topological polar surface area (TPSA) is 44.0 Å². The minimum absolute atomic E-state index is 0.136. The van der Waals surface area contributed by atoms with Gasteiger partial charge in [0.05, 0.1) is 11.6 Å². The number of phenolic OH excluding ortho intramolecular Hbond substituents is 1. The Balaban J connectivity index is 2.83. The molecule has 2 nitrogen and oxygen atoms in total. The molecule has 68 valence electrons. The third-order valence-electron chi connectivity index (χ3n) is 2.02. The number of fused-ring (bicyclic) bond motifs is 1. The molecule has 0 aliphatic heterocycles. The van der Waals surface area contributed by atoms with Gasteiger partial charge in [-0.15, -0.1) is 0 Å². The van der Waals surface area contributed by atoms with Gasteiger partial charge in [0.15, 0.2) is 0 Å². The first-order chi connectivity index (χ1) is 6.70. The van der Waals surface area contributed by atoms with Crippen LogP contribution in [0.2, 0.25) is 5.02 Å². The summed E-state index contributed by atoms with van der Waals surface area (Å²) in [5.74, 6) is 0.136. The van der Waals surface area contributed by atoms with Crippen LogP contribution in [0.4, 0.5) is 0 Å². The molecule has 3 heteroatoms. The molecule has 2 aromatic rings. The van der Waals surface area contributed by atoms with Crippen molar-refractivity contribution in [3.05, 3.63) is 40.9 Å². The van der Waals surface area contributed by atoms with Gasteiger partial charge >= 0.3 is 0 Å². The monoisotopic (exact) mass is 203 g/mol. The number of hydrogen-bond acceptors (Lipinski definition) is 2. The van der Waals surface area contributed by atoms with E-state index in [1.165, 1.54) is 6.07 Å². The third-order valence-corrected chi connectivity index (χ3v) is 2.24. The van der Waals surface area contributed by atoms with Crippen LogP contribution in [0.5, 0.6) is 5.75 Å². The van der Waals surface area contributed by atoms with Crippen LogP contribution in [0.15, 0.2) is 30.3 Å². The predicted molar refractivity (Wildman–Crippen MR) is 55.3 cm³/mol. The number of aromatic hydroxyl groups is 1. The Labute approximate surface area is 86.0 Å². The van der Waals surface area contributed by atoms with Crippen molar-refractivity contribution in [3.8, 4) is 11.8 Å². The molecule has 0 spiro atoms. The van der Waals surface area contributed by atoms with Crippen molar-refractivity contribution in [3.63, 3.8) is 0 Å². The Morgan fingerprint density at radius 3 is 2.71 bits per heavy atom. The molecule has 0 aliphatic carbocycles. The standard InChI is InChI=1S/C11H6ClNO/c12-9-4-8-3-7(6-13)1-2-10(8)11(14)5-9/h1-5,14H. The van der Waals surface area contributed by atoms with Crippen molar-refractivity contribution in [1.29, 1.82) is 5.26 Å². The molecule has 2 aromatic carbocycles. The third kappa shape index (κ3) is 1.39. The van der Waals surface area contributed by atoms with Crippen LogP contribution in [0.3, 0.4) is 0 Å². The van der Waals surface area contributed by atoms with E-state index in [0.29, 0.717) is 16.0 Å². The van der Waals surface area contributed by atoms with E-state index in [1.807, 2.05) is 6.07 Å². The Morgan fingerprint density at radius 1 is 1.21 bits per heavy atom. The molecule has 0 saturated carbocycles. The van der Waals surface area contributed by atoms with Crippen molar-refractivity contribution in [2.45, 2.75) is 0 Å². The van der Waals surface area contributed by atoms with Crippen molar-refractivity contribution >= 4 is 22.4 Å². The second kappa shape index (κ2) is 3.21. The van der Waals surface area contributed by atoms with E-state index in [4.69, 9.17) is 16.9 Å². The maximum absolute atomic E-state index is 9.55. The Hall–Kier alpha value is -1.72. The van der Waals surface area contributed by atoms with Gasteiger partial charge in [-0.05, 0) is 35.7 Å². The molecule has 1 N–H and O–H groups in total. The number of rotatable bonds is 0. The van der Waals surface area contributed by atoms with Crippen molar-refractivity contribution in [2.75, 3.05) is 0 Å². The Bertz CT molecular complexity index is 543. The van der Waals surface area contributed by atoms with E-state index < -0.39 is 0 Å². The first-order valence-electron chi connectivity index (χ1n) is 4.03. The van der Waals surface area contributed by atoms with Crippen LogP contribution < -0.4 is 0 Å². The average molecular weight is 204 g/mol. The Morgan fingerprint density at radius 2 is 2.00 bits per heavy atom. The summed E-state index contributed by atoms with van der Waals surface area (Å²) in [6.45, 7) is 0. The fourth-order valence-corrected chi connectivity index (χ4v) is 1.60. The van der Waals surface area contributed by atoms with Gasteiger partial charge in [0.2, 0.25) is 0 Å². The van der Waals surface area contributed by atoms with Crippen LogP contribution in [-0.4, -0.2) is 5.11 Å². The Kier molecular flexibility index (Phi) is 2.03. The lowest BCUT2D eigenvalue weighted by Gasteiger charge is -2.01. The van der Waals surface area contributed by atoms with Gasteiger partial charge in [0.1, 0.15) is 5.75 Å². The molecule has 0 saturated heterocycles. The number of phenols is 1. The second-order valence-electron chi connectivity index (χ2n) is 2.97. The molecule has 0 amide bonds. The number of halogens is 1. The van der Waals surface area contributed by atoms with E-state index in [1.54, 1.807) is 24.3 Å². The van der Waals surface area contributed by atoms with E-state index in [2.05, 4.69) is 0 Å². The summed E-state index contributed by atoms with van der Waals surface area (Å²) >= 11 is 5.78. The summed E-state index contributed by atoms with van der Waals surface area (Å²) in [7, 11) is 0. The molecule has 0 heterocycles. The van der Waals surface area contributed by atoms with Gasteiger partial charge in [-0.3, -0.25) is 0 Å². The SMILES string of the molecule is N#Cc1ccc2c(O)cc(Cl)cc2c1. The van der Waals surface area contributed by atoms with Gasteiger partial charge in [0, 0.05) is 10.4 Å². The van der Waals surface area contributed by atoms with Gasteiger partial charge in [-0.25, -0.2) is 0 Å². The summed E-state index contributed by atoms with van der Waals surface area (Å²) in [5, 5.41) is 20.2. The molecule has 14 heavy (non-hydrogen) atoms. The quantitative estimate of drug-likeness (QED) is 0.715. The predicted octanol–water partition coefficient (Wildman–Crippen LogP) is 3.07. The zero-order valence-corrected chi connectivity index (χ0v) is 7.92. The summed E-state index contributed by atoms with van der Waals surface area (Å²) in [5.41, 5.74) is 0.555. The van der Waals surface area contributed by atoms with Gasteiger partial charge < -0.3 is 5.11 Å². The average Bonchev–Trinajstić information content (AvgIpc) is 2.16. The summed E-state index contributed by atoms with van der Waals surface area (Å²) in [6.07, 6.45) is 0. The zero-order chi connectivity index (χ0) is 10.1. The highest BCUT2D eigenvalue weighted by Gasteiger charge is 2.02. The molecule has 0 fully saturated rings. The molecule has 0 radical (unpaired) electrons. The normalized spacial score (nSPS) is 10.0. The number of nitriles is 1. The van der Waals surface area contributed by atoms with Crippen molar-refractivity contribution < 1.29 is 5.11 Å². The van der Waals surface area contributed by atoms with Crippen LogP contribution >= 0.6 is 11.6 Å². The van der Waals surface area contributed by atoms with E-state index in [9.17, 15) is 5.11 Å². The van der Waals surface area contributed by atoms with Gasteiger partial charge in [-0.2, -0.15) is 5.26 Å². The molecule has 0 bridgehead atoms. The fraction of sp³-hybridized carbons (Fsp3) is 0. The van der Waals surface area contributed by atoms with Crippen LogP contribution in [0.1, 0.15) is 5.56 Å². The largest absolute Gasteiger partial charge is 0.507 e. The molecule has 0 atom stereocenters. The lowest BCUT2D eigenvalue weighted by atomic mass is 10.1. The maximum Gasteiger partial charge on any atom is 0.124 e. The van der Waals surface area contributed by atoms with Crippen molar-refractivity contribution in [2.24, 2.45) is 0 Å². The molecule has 0 unspecified atom stereocenters. The van der Waals surface area contributed by atoms with E-state index in [-0.39, 0.29) is 5.75 Å². The number of hydrogen-bond donors (Lipinski definition) is 1. The zero-order valence-electron chi connectivity index (χ0n) is 7.16. The molecule has 2 rings (SSSR count). The number of nitrogens with zero attached hydrogens (tertiary/aromatic N) is 1. The minimum atomic E-state index is 0.136. The molecule has 0 aliphatic rings. The molecule has 0 aromatic heterocycles. The fourth-order valence-electron chi connectivity index (χ4n) is 1.38. The van der Waals surface area contributed by atoms with Crippen molar-refractivity contribution in [1.82, 2.24) is 0 Å². The van der Waals surface area contributed by atoms with Crippen LogP contribution in [-0.2, 0) is 0 Å². The summed E-state index contributed by atoms with van der Waals surface area (Å²) < 4.78 is 0. The lowest BCUT2D eigenvalue weighted by molar-refractivity contribution is 0.481. The first kappa shape index (κ1) is 8.86. The smallest absolute Gasteiger partial charge is 0.124 e. The highest BCUT2D eigenvalue weighted by Crippen LogP contribution is 2.29. The summed E-state index contributed by atoms with van der Waals surface area (Å²) in [6, 6.07) is 10.3. The summed E-state index contributed by atoms with van der Waals surface area (Å²) in [4.78, 5) is 0. The molecular formula is C11H6ClNO. The first-order valence-corrected chi connectivity index (χ1v) is 4.41. The van der Waals surface area contributed by atoms with Gasteiger partial charge in [0.25, 0.3) is 0 Å². The van der Waals surface area contributed by atoms with Crippen LogP contribution in [0, 0.1) is 11.3 Å². The minimum Gasteiger partial charge on any atom is -0.507 e. The molecular weight excluding hydrogens is 198 g/mol. The van der Waals surface area contributed by atoms with Gasteiger partial charge in [-0.1, -0.05) is 11.6 Å². The van der Waals surface area contributed by atoms with E-state index in [0.717, 1.165) is 5.39 Å². The lowest BCUT2D eigenvalue weighted by Crippen LogP contribution is -1.78. The highest BCUT2D eigenvalue weighted by molar-refractivity contribution is 6.31. The van der Waals surface area contributed by atoms with Crippen LogP contribution in [0.25, 0.3) is 10.8 Å². The number of benzene rings is 2. The highest BCUT2D eigenvalue weighted by atomic mass is 35.5. The maximum atomic E-state index is 9.55.